The molecule has 1 aromatic rings. The molecular formula is C11H17F3N4O. The van der Waals surface area contributed by atoms with Crippen molar-refractivity contribution in [2.75, 3.05) is 30.9 Å². The predicted octanol–water partition coefficient (Wildman–Crippen LogP) is 1.74. The van der Waals surface area contributed by atoms with Crippen LogP contribution < -0.4 is 10.2 Å². The first-order valence-electron chi connectivity index (χ1n) is 5.60. The van der Waals surface area contributed by atoms with Crippen molar-refractivity contribution in [2.45, 2.75) is 25.6 Å². The minimum absolute atomic E-state index is 0.0915. The van der Waals surface area contributed by atoms with Crippen LogP contribution in [0.3, 0.4) is 0 Å². The maximum atomic E-state index is 12.7. The fourth-order valence-electron chi connectivity index (χ4n) is 1.55. The summed E-state index contributed by atoms with van der Waals surface area (Å²) in [5.41, 5.74) is -2.07. The summed E-state index contributed by atoms with van der Waals surface area (Å²) in [6, 6.07) is 0.854. The zero-order chi connectivity index (χ0) is 14.8. The lowest BCUT2D eigenvalue weighted by molar-refractivity contribution is -0.141. The summed E-state index contributed by atoms with van der Waals surface area (Å²) in [4.78, 5) is 8.75. The highest BCUT2D eigenvalue weighted by atomic mass is 19.4. The SMILES string of the molecule is CNc1nc(N(C)CC(C)(C)O)cc(C(F)(F)F)n1. The molecule has 2 N–H and O–H groups in total. The maximum Gasteiger partial charge on any atom is 0.433 e. The summed E-state index contributed by atoms with van der Waals surface area (Å²) >= 11 is 0. The lowest BCUT2D eigenvalue weighted by Crippen LogP contribution is -2.36. The third-order valence-corrected chi connectivity index (χ3v) is 2.24. The molecule has 19 heavy (non-hydrogen) atoms. The second kappa shape index (κ2) is 5.20. The van der Waals surface area contributed by atoms with Gasteiger partial charge in [0.1, 0.15) is 5.82 Å². The van der Waals surface area contributed by atoms with Crippen LogP contribution in [0.1, 0.15) is 19.5 Å². The molecule has 0 saturated carbocycles. The van der Waals surface area contributed by atoms with Crippen LogP contribution in [0, 0.1) is 0 Å². The van der Waals surface area contributed by atoms with Crippen molar-refractivity contribution >= 4 is 11.8 Å². The molecule has 0 amide bonds. The first kappa shape index (κ1) is 15.5. The Kier molecular flexibility index (Phi) is 4.24. The number of rotatable bonds is 4. The quantitative estimate of drug-likeness (QED) is 0.878. The van der Waals surface area contributed by atoms with E-state index in [1.165, 1.54) is 11.9 Å². The summed E-state index contributed by atoms with van der Waals surface area (Å²) in [7, 11) is 3.00. The van der Waals surface area contributed by atoms with Gasteiger partial charge in [0.25, 0.3) is 0 Å². The van der Waals surface area contributed by atoms with Crippen LogP contribution in [0.2, 0.25) is 0 Å². The molecule has 0 radical (unpaired) electrons. The third-order valence-electron chi connectivity index (χ3n) is 2.24. The van der Waals surface area contributed by atoms with Gasteiger partial charge in [-0.25, -0.2) is 4.98 Å². The Morgan fingerprint density at radius 3 is 2.32 bits per heavy atom. The van der Waals surface area contributed by atoms with Gasteiger partial charge in [0.05, 0.1) is 5.60 Å². The van der Waals surface area contributed by atoms with E-state index in [9.17, 15) is 18.3 Å². The van der Waals surface area contributed by atoms with Crippen LogP contribution in [-0.2, 0) is 6.18 Å². The lowest BCUT2D eigenvalue weighted by Gasteiger charge is -2.26. The fourth-order valence-corrected chi connectivity index (χ4v) is 1.55. The molecule has 0 fully saturated rings. The molecule has 5 nitrogen and oxygen atoms in total. The topological polar surface area (TPSA) is 61.3 Å². The van der Waals surface area contributed by atoms with E-state index in [1.54, 1.807) is 20.9 Å². The van der Waals surface area contributed by atoms with Crippen molar-refractivity contribution in [1.29, 1.82) is 0 Å². The van der Waals surface area contributed by atoms with Crippen molar-refractivity contribution < 1.29 is 18.3 Å². The van der Waals surface area contributed by atoms with Crippen LogP contribution in [0.5, 0.6) is 0 Å². The van der Waals surface area contributed by atoms with Gasteiger partial charge in [-0.3, -0.25) is 0 Å². The number of nitrogens with one attached hydrogen (secondary N) is 1. The smallest absolute Gasteiger partial charge is 0.389 e. The summed E-state index contributed by atoms with van der Waals surface area (Å²) < 4.78 is 38.1. The van der Waals surface area contributed by atoms with Crippen LogP contribution in [0.25, 0.3) is 0 Å². The number of aromatic nitrogens is 2. The average Bonchev–Trinajstić information content (AvgIpc) is 2.25. The van der Waals surface area contributed by atoms with Crippen molar-refractivity contribution in [3.63, 3.8) is 0 Å². The lowest BCUT2D eigenvalue weighted by atomic mass is 10.1. The van der Waals surface area contributed by atoms with Gasteiger partial charge in [-0.1, -0.05) is 0 Å². The first-order chi connectivity index (χ1) is 8.53. The summed E-state index contributed by atoms with van der Waals surface area (Å²) in [6.45, 7) is 3.27. The molecule has 0 bridgehead atoms. The van der Waals surface area contributed by atoms with E-state index < -0.39 is 17.5 Å². The number of hydrogen-bond acceptors (Lipinski definition) is 5. The molecule has 0 unspecified atom stereocenters. The zero-order valence-corrected chi connectivity index (χ0v) is 11.2. The summed E-state index contributed by atoms with van der Waals surface area (Å²) in [5, 5.41) is 12.2. The van der Waals surface area contributed by atoms with Crippen LogP contribution >= 0.6 is 0 Å². The molecule has 8 heteroatoms. The Morgan fingerprint density at radius 2 is 1.89 bits per heavy atom. The van der Waals surface area contributed by atoms with Crippen LogP contribution in [0.15, 0.2) is 6.07 Å². The van der Waals surface area contributed by atoms with E-state index in [4.69, 9.17) is 0 Å². The zero-order valence-electron chi connectivity index (χ0n) is 11.2. The Bertz CT molecular complexity index is 443. The minimum Gasteiger partial charge on any atom is -0.389 e. The maximum absolute atomic E-state index is 12.7. The molecule has 0 aliphatic heterocycles. The predicted molar refractivity (Wildman–Crippen MR) is 66.1 cm³/mol. The number of alkyl halides is 3. The van der Waals surface area contributed by atoms with Gasteiger partial charge in [-0.15, -0.1) is 0 Å². The van der Waals surface area contributed by atoms with E-state index in [2.05, 4.69) is 15.3 Å². The van der Waals surface area contributed by atoms with Crippen molar-refractivity contribution in [1.82, 2.24) is 9.97 Å². The van der Waals surface area contributed by atoms with E-state index >= 15 is 0 Å². The Hall–Kier alpha value is -1.57. The monoisotopic (exact) mass is 278 g/mol. The van der Waals surface area contributed by atoms with Gasteiger partial charge in [0.2, 0.25) is 5.95 Å². The van der Waals surface area contributed by atoms with Crippen molar-refractivity contribution in [2.24, 2.45) is 0 Å². The number of halogens is 3. The number of aliphatic hydroxyl groups is 1. The van der Waals surface area contributed by atoms with Gasteiger partial charge in [0.15, 0.2) is 5.69 Å². The van der Waals surface area contributed by atoms with Gasteiger partial charge in [-0.2, -0.15) is 18.2 Å². The fraction of sp³-hybridized carbons (Fsp3) is 0.636. The van der Waals surface area contributed by atoms with E-state index in [0.29, 0.717) is 0 Å². The van der Waals surface area contributed by atoms with Gasteiger partial charge in [0, 0.05) is 26.7 Å². The van der Waals surface area contributed by atoms with Crippen molar-refractivity contribution in [3.05, 3.63) is 11.8 Å². The van der Waals surface area contributed by atoms with E-state index in [0.717, 1.165) is 6.07 Å². The Labute approximate surface area is 109 Å². The highest BCUT2D eigenvalue weighted by Crippen LogP contribution is 2.30. The molecule has 0 aliphatic carbocycles. The van der Waals surface area contributed by atoms with E-state index in [-0.39, 0.29) is 18.3 Å². The molecule has 0 spiro atoms. The van der Waals surface area contributed by atoms with Gasteiger partial charge >= 0.3 is 6.18 Å². The minimum atomic E-state index is -4.54. The van der Waals surface area contributed by atoms with Crippen LogP contribution in [-0.4, -0.2) is 41.3 Å². The van der Waals surface area contributed by atoms with Gasteiger partial charge in [-0.05, 0) is 13.8 Å². The molecule has 0 atom stereocenters. The largest absolute Gasteiger partial charge is 0.433 e. The number of nitrogens with zero attached hydrogens (tertiary/aromatic N) is 3. The molecule has 1 heterocycles. The second-order valence-electron chi connectivity index (χ2n) is 4.85. The third kappa shape index (κ3) is 4.55. The van der Waals surface area contributed by atoms with E-state index in [1.807, 2.05) is 0 Å². The first-order valence-corrected chi connectivity index (χ1v) is 5.60. The molecular weight excluding hydrogens is 261 g/mol. The highest BCUT2D eigenvalue weighted by Gasteiger charge is 2.34. The van der Waals surface area contributed by atoms with Gasteiger partial charge < -0.3 is 15.3 Å². The molecule has 1 aromatic heterocycles. The Morgan fingerprint density at radius 1 is 1.32 bits per heavy atom. The Balaban J connectivity index is 3.13. The summed E-state index contributed by atoms with van der Waals surface area (Å²) in [6.07, 6.45) is -4.54. The molecule has 0 aromatic carbocycles. The normalized spacial score (nSPS) is 12.4. The number of likely N-dealkylation sites (N-methyl/N-ethyl adjacent to an activating group) is 1. The molecule has 108 valence electrons. The van der Waals surface area contributed by atoms with Crippen LogP contribution in [0.4, 0.5) is 24.9 Å². The number of hydrogen-bond donors (Lipinski definition) is 2. The van der Waals surface area contributed by atoms with Crippen molar-refractivity contribution in [3.8, 4) is 0 Å². The highest BCUT2D eigenvalue weighted by molar-refractivity contribution is 5.45. The summed E-state index contributed by atoms with van der Waals surface area (Å²) in [5.74, 6) is -0.0266. The molecule has 0 aliphatic rings. The molecule has 1 rings (SSSR count). The number of anilines is 2. The standard InChI is InChI=1S/C11H17F3N4O/c1-10(2,19)6-18(4)8-5-7(11(12,13)14)16-9(15-3)17-8/h5,19H,6H2,1-4H3,(H,15,16,17). The average molecular weight is 278 g/mol. The molecule has 0 saturated heterocycles. The second-order valence-corrected chi connectivity index (χ2v) is 4.85.